The van der Waals surface area contributed by atoms with Crippen LogP contribution in [0.3, 0.4) is 0 Å². The van der Waals surface area contributed by atoms with E-state index >= 15 is 0 Å². The van der Waals surface area contributed by atoms with Gasteiger partial charge in [0.2, 0.25) is 5.91 Å². The van der Waals surface area contributed by atoms with Gasteiger partial charge in [0.25, 0.3) is 0 Å². The Morgan fingerprint density at radius 3 is 2.88 bits per heavy atom. The molecule has 128 valence electrons. The van der Waals surface area contributed by atoms with Crippen molar-refractivity contribution in [3.63, 3.8) is 0 Å². The van der Waals surface area contributed by atoms with E-state index in [1.54, 1.807) is 11.2 Å². The maximum Gasteiger partial charge on any atom is 0.306 e. The van der Waals surface area contributed by atoms with E-state index in [1.165, 1.54) is 0 Å². The number of nitrogens with zero attached hydrogens (tertiary/aromatic N) is 1. The molecule has 1 N–H and O–H groups in total. The largest absolute Gasteiger partial charge is 0.481 e. The van der Waals surface area contributed by atoms with Crippen molar-refractivity contribution < 1.29 is 23.8 Å². The third-order valence-corrected chi connectivity index (χ3v) is 4.58. The van der Waals surface area contributed by atoms with Crippen LogP contribution in [0.4, 0.5) is 0 Å². The zero-order valence-electron chi connectivity index (χ0n) is 13.9. The molecule has 2 aromatic rings. The zero-order valence-corrected chi connectivity index (χ0v) is 13.9. The van der Waals surface area contributed by atoms with Crippen LogP contribution in [0.5, 0.6) is 0 Å². The summed E-state index contributed by atoms with van der Waals surface area (Å²) in [4.78, 5) is 25.1. The molecule has 6 heteroatoms. The molecule has 24 heavy (non-hydrogen) atoms. The van der Waals surface area contributed by atoms with E-state index in [1.807, 2.05) is 26.0 Å². The van der Waals surface area contributed by atoms with Gasteiger partial charge in [0.05, 0.1) is 31.8 Å². The summed E-state index contributed by atoms with van der Waals surface area (Å²) in [5.41, 5.74) is 3.92. The second-order valence-corrected chi connectivity index (χ2v) is 6.25. The molecular weight excluding hydrogens is 310 g/mol. The number of hydrogen-bond donors (Lipinski definition) is 1. The Bertz CT molecular complexity index is 779. The third-order valence-electron chi connectivity index (χ3n) is 4.58. The van der Waals surface area contributed by atoms with Crippen LogP contribution in [0.1, 0.15) is 23.1 Å². The summed E-state index contributed by atoms with van der Waals surface area (Å²) in [6, 6.07) is 4.01. The molecule has 0 unspecified atom stereocenters. The smallest absolute Gasteiger partial charge is 0.306 e. The summed E-state index contributed by atoms with van der Waals surface area (Å²) in [5.74, 6) is -0.949. The molecule has 1 amide bonds. The van der Waals surface area contributed by atoms with Gasteiger partial charge in [0.15, 0.2) is 0 Å². The molecule has 1 saturated heterocycles. The van der Waals surface area contributed by atoms with E-state index in [-0.39, 0.29) is 18.7 Å². The highest BCUT2D eigenvalue weighted by Crippen LogP contribution is 2.27. The van der Waals surface area contributed by atoms with Crippen LogP contribution in [0, 0.1) is 13.8 Å². The first-order chi connectivity index (χ1) is 11.5. The van der Waals surface area contributed by atoms with E-state index in [9.17, 15) is 9.59 Å². The third kappa shape index (κ3) is 3.28. The van der Waals surface area contributed by atoms with Crippen molar-refractivity contribution in [2.24, 2.45) is 0 Å². The number of aliphatic carboxylic acids is 1. The minimum Gasteiger partial charge on any atom is -0.481 e. The number of rotatable bonds is 4. The monoisotopic (exact) mass is 331 g/mol. The Morgan fingerprint density at radius 2 is 2.12 bits per heavy atom. The SMILES string of the molecule is Cc1ccc2c(CC(=O)N3CCO[C@H](CC(=O)O)C3)coc2c1C. The molecule has 6 nitrogen and oxygen atoms in total. The number of hydrogen-bond acceptors (Lipinski definition) is 4. The van der Waals surface area contributed by atoms with Gasteiger partial charge in [0, 0.05) is 24.0 Å². The first kappa shape index (κ1) is 16.5. The summed E-state index contributed by atoms with van der Waals surface area (Å²) < 4.78 is 11.1. The first-order valence-electron chi connectivity index (χ1n) is 8.03. The van der Waals surface area contributed by atoms with Gasteiger partial charge in [-0.15, -0.1) is 0 Å². The van der Waals surface area contributed by atoms with E-state index in [0.717, 1.165) is 27.7 Å². The number of ether oxygens (including phenoxy) is 1. The number of morpholine rings is 1. The van der Waals surface area contributed by atoms with Crippen molar-refractivity contribution in [1.82, 2.24) is 4.90 Å². The van der Waals surface area contributed by atoms with Gasteiger partial charge in [-0.3, -0.25) is 9.59 Å². The molecule has 0 radical (unpaired) electrons. The summed E-state index contributed by atoms with van der Waals surface area (Å²) in [6.45, 7) is 5.21. The van der Waals surface area contributed by atoms with Crippen LogP contribution in [0.15, 0.2) is 22.8 Å². The molecular formula is C18H21NO5. The molecule has 1 atom stereocenters. The lowest BCUT2D eigenvalue weighted by atomic mass is 10.0. The van der Waals surface area contributed by atoms with Crippen molar-refractivity contribution in [1.29, 1.82) is 0 Å². The first-order valence-corrected chi connectivity index (χ1v) is 8.03. The highest BCUT2D eigenvalue weighted by molar-refractivity contribution is 5.89. The Kier molecular flexibility index (Phi) is 4.57. The Balaban J connectivity index is 1.73. The summed E-state index contributed by atoms with van der Waals surface area (Å²) in [7, 11) is 0. The highest BCUT2D eigenvalue weighted by atomic mass is 16.5. The van der Waals surface area contributed by atoms with Gasteiger partial charge in [-0.25, -0.2) is 0 Å². The zero-order chi connectivity index (χ0) is 17.3. The average Bonchev–Trinajstić information content (AvgIpc) is 2.94. The second-order valence-electron chi connectivity index (χ2n) is 6.25. The molecule has 1 aromatic heterocycles. The van der Waals surface area contributed by atoms with Gasteiger partial charge in [0.1, 0.15) is 5.58 Å². The van der Waals surface area contributed by atoms with Crippen LogP contribution in [-0.2, 0) is 20.7 Å². The molecule has 1 aliphatic heterocycles. The van der Waals surface area contributed by atoms with Gasteiger partial charge >= 0.3 is 5.97 Å². The van der Waals surface area contributed by atoms with Crippen molar-refractivity contribution in [2.45, 2.75) is 32.8 Å². The lowest BCUT2D eigenvalue weighted by Crippen LogP contribution is -2.46. The fourth-order valence-corrected chi connectivity index (χ4v) is 3.06. The number of fused-ring (bicyclic) bond motifs is 1. The fraction of sp³-hybridized carbons (Fsp3) is 0.444. The number of carbonyl (C=O) groups is 2. The lowest BCUT2D eigenvalue weighted by Gasteiger charge is -2.32. The molecule has 1 fully saturated rings. The maximum atomic E-state index is 12.6. The Labute approximate surface area is 140 Å². The highest BCUT2D eigenvalue weighted by Gasteiger charge is 2.26. The van der Waals surface area contributed by atoms with Crippen molar-refractivity contribution in [3.8, 4) is 0 Å². The quantitative estimate of drug-likeness (QED) is 0.930. The van der Waals surface area contributed by atoms with Crippen molar-refractivity contribution in [3.05, 3.63) is 35.1 Å². The van der Waals surface area contributed by atoms with E-state index in [4.69, 9.17) is 14.3 Å². The number of aryl methyl sites for hydroxylation is 2. The van der Waals surface area contributed by atoms with Crippen LogP contribution in [-0.4, -0.2) is 47.7 Å². The Hall–Kier alpha value is -2.34. The van der Waals surface area contributed by atoms with Gasteiger partial charge in [-0.2, -0.15) is 0 Å². The minimum absolute atomic E-state index is 0.0328. The predicted molar refractivity (Wildman–Crippen MR) is 88.0 cm³/mol. The van der Waals surface area contributed by atoms with Crippen LogP contribution in [0.2, 0.25) is 0 Å². The molecule has 3 rings (SSSR count). The van der Waals surface area contributed by atoms with Crippen LogP contribution >= 0.6 is 0 Å². The van der Waals surface area contributed by atoms with E-state index in [0.29, 0.717) is 19.7 Å². The number of carboxylic acid groups (broad SMARTS) is 1. The second kappa shape index (κ2) is 6.65. The van der Waals surface area contributed by atoms with Gasteiger partial charge < -0.3 is 19.2 Å². The van der Waals surface area contributed by atoms with E-state index in [2.05, 4.69) is 0 Å². The van der Waals surface area contributed by atoms with Crippen LogP contribution in [0.25, 0.3) is 11.0 Å². The molecule has 0 aliphatic carbocycles. The van der Waals surface area contributed by atoms with Gasteiger partial charge in [-0.05, 0) is 25.0 Å². The van der Waals surface area contributed by atoms with E-state index < -0.39 is 12.1 Å². The molecule has 1 aromatic carbocycles. The van der Waals surface area contributed by atoms with Crippen molar-refractivity contribution >= 4 is 22.8 Å². The number of carboxylic acids is 1. The average molecular weight is 331 g/mol. The number of carbonyl (C=O) groups excluding carboxylic acids is 1. The summed E-state index contributed by atoms with van der Waals surface area (Å²) in [5, 5.41) is 9.83. The minimum atomic E-state index is -0.916. The Morgan fingerprint density at radius 1 is 1.33 bits per heavy atom. The number of benzene rings is 1. The van der Waals surface area contributed by atoms with Crippen molar-refractivity contribution in [2.75, 3.05) is 19.7 Å². The van der Waals surface area contributed by atoms with Crippen LogP contribution < -0.4 is 0 Å². The number of furan rings is 1. The topological polar surface area (TPSA) is 80.0 Å². The normalized spacial score (nSPS) is 18.1. The summed E-state index contributed by atoms with van der Waals surface area (Å²) in [6.07, 6.45) is 1.36. The molecule has 0 spiro atoms. The maximum absolute atomic E-state index is 12.6. The molecule has 0 saturated carbocycles. The standard InChI is InChI=1S/C18H21NO5/c1-11-3-4-15-13(10-24-18(15)12(11)2)7-16(20)19-5-6-23-14(9-19)8-17(21)22/h3-4,10,14H,5-9H2,1-2H3,(H,21,22)/t14-/m1/s1. The summed E-state index contributed by atoms with van der Waals surface area (Å²) >= 11 is 0. The fourth-order valence-electron chi connectivity index (χ4n) is 3.06. The predicted octanol–water partition coefficient (Wildman–Crippen LogP) is 2.29. The lowest BCUT2D eigenvalue weighted by molar-refractivity contribution is -0.147. The molecule has 2 heterocycles. The van der Waals surface area contributed by atoms with Gasteiger partial charge in [-0.1, -0.05) is 12.1 Å². The molecule has 1 aliphatic rings. The molecule has 0 bridgehead atoms. The number of amides is 1.